The maximum absolute atomic E-state index is 6.07. The van der Waals surface area contributed by atoms with Gasteiger partial charge in [-0.1, -0.05) is 60.7 Å². The minimum Gasteiger partial charge on any atom is -0.493 e. The summed E-state index contributed by atoms with van der Waals surface area (Å²) in [7, 11) is 3.27. The molecule has 0 aliphatic rings. The predicted molar refractivity (Wildman–Crippen MR) is 121 cm³/mol. The van der Waals surface area contributed by atoms with Gasteiger partial charge in [-0.15, -0.1) is 0 Å². The number of fused-ring (bicyclic) bond motifs is 1. The van der Waals surface area contributed by atoms with Gasteiger partial charge >= 0.3 is 0 Å². The summed E-state index contributed by atoms with van der Waals surface area (Å²) in [6.45, 7) is 0.503. The topological polar surface area (TPSA) is 40.6 Å². The van der Waals surface area contributed by atoms with Crippen molar-refractivity contribution in [3.8, 4) is 17.2 Å². The Kier molecular flexibility index (Phi) is 5.95. The van der Waals surface area contributed by atoms with Gasteiger partial charge in [-0.25, -0.2) is 4.98 Å². The van der Waals surface area contributed by atoms with Gasteiger partial charge in [0.1, 0.15) is 17.9 Å². The van der Waals surface area contributed by atoms with Crippen molar-refractivity contribution < 1.29 is 14.2 Å². The molecule has 4 aromatic rings. The molecule has 0 amide bonds. The van der Waals surface area contributed by atoms with Crippen LogP contribution in [0.2, 0.25) is 0 Å². The van der Waals surface area contributed by atoms with Crippen LogP contribution in [0.5, 0.6) is 17.2 Å². The molecule has 0 N–H and O–H groups in total. The third kappa shape index (κ3) is 4.28. The molecule has 4 nitrogen and oxygen atoms in total. The highest BCUT2D eigenvalue weighted by atomic mass is 16.5. The number of aromatic nitrogens is 1. The highest BCUT2D eigenvalue weighted by Gasteiger charge is 2.08. The summed E-state index contributed by atoms with van der Waals surface area (Å²) in [5.74, 6) is 2.16. The maximum Gasteiger partial charge on any atom is 0.167 e. The monoisotopic (exact) mass is 397 g/mol. The predicted octanol–water partition coefficient (Wildman–Crippen LogP) is 6.00. The molecule has 4 rings (SSSR count). The van der Waals surface area contributed by atoms with E-state index in [1.54, 1.807) is 14.2 Å². The van der Waals surface area contributed by atoms with E-state index in [0.717, 1.165) is 33.5 Å². The molecule has 0 aliphatic carbocycles. The van der Waals surface area contributed by atoms with Crippen LogP contribution in [-0.2, 0) is 6.61 Å². The number of para-hydroxylation sites is 2. The first kappa shape index (κ1) is 19.5. The number of methoxy groups -OCH3 is 2. The van der Waals surface area contributed by atoms with E-state index in [4.69, 9.17) is 19.2 Å². The van der Waals surface area contributed by atoms with Gasteiger partial charge in [0.15, 0.2) is 11.5 Å². The molecule has 0 bridgehead atoms. The molecular weight excluding hydrogens is 374 g/mol. The molecule has 0 radical (unpaired) electrons. The Morgan fingerprint density at radius 3 is 2.33 bits per heavy atom. The van der Waals surface area contributed by atoms with E-state index in [0.29, 0.717) is 18.1 Å². The van der Waals surface area contributed by atoms with Gasteiger partial charge in [-0.05, 0) is 35.9 Å². The standard InChI is InChI=1S/C26H23NO3/c1-28-24-13-7-11-21(26(24)29-2)15-17-22-16-14-20-10-6-12-23(25(20)27-22)30-18-19-8-4-3-5-9-19/h3-17H,18H2,1-2H3/b17-15-. The Hall–Kier alpha value is -3.79. The minimum atomic E-state index is 0.503. The van der Waals surface area contributed by atoms with Gasteiger partial charge in [0.05, 0.1) is 19.9 Å². The second kappa shape index (κ2) is 9.14. The van der Waals surface area contributed by atoms with Gasteiger partial charge in [0.25, 0.3) is 0 Å². The summed E-state index contributed by atoms with van der Waals surface area (Å²) in [4.78, 5) is 4.82. The largest absolute Gasteiger partial charge is 0.493 e. The van der Waals surface area contributed by atoms with Crippen LogP contribution in [0.3, 0.4) is 0 Å². The number of rotatable bonds is 7. The Morgan fingerprint density at radius 2 is 1.53 bits per heavy atom. The first-order valence-electron chi connectivity index (χ1n) is 9.74. The fourth-order valence-electron chi connectivity index (χ4n) is 3.30. The Balaban J connectivity index is 1.62. The number of pyridine rings is 1. The molecule has 4 heteroatoms. The lowest BCUT2D eigenvalue weighted by molar-refractivity contribution is 0.309. The van der Waals surface area contributed by atoms with E-state index in [-0.39, 0.29) is 0 Å². The molecule has 0 aliphatic heterocycles. The van der Waals surface area contributed by atoms with E-state index in [1.165, 1.54) is 0 Å². The third-order valence-corrected chi connectivity index (χ3v) is 4.81. The fourth-order valence-corrected chi connectivity index (χ4v) is 3.30. The number of benzene rings is 3. The summed E-state index contributed by atoms with van der Waals surface area (Å²) >= 11 is 0. The van der Waals surface area contributed by atoms with Crippen molar-refractivity contribution in [1.82, 2.24) is 4.98 Å². The Morgan fingerprint density at radius 1 is 0.733 bits per heavy atom. The molecular formula is C26H23NO3. The van der Waals surface area contributed by atoms with Gasteiger partial charge in [0.2, 0.25) is 0 Å². The van der Waals surface area contributed by atoms with Crippen LogP contribution in [0.1, 0.15) is 16.8 Å². The second-order valence-electron chi connectivity index (χ2n) is 6.75. The van der Waals surface area contributed by atoms with Gasteiger partial charge in [0, 0.05) is 10.9 Å². The van der Waals surface area contributed by atoms with Crippen LogP contribution in [0.25, 0.3) is 23.1 Å². The first-order chi connectivity index (χ1) is 14.8. The summed E-state index contributed by atoms with van der Waals surface area (Å²) < 4.78 is 16.9. The van der Waals surface area contributed by atoms with Crippen molar-refractivity contribution in [2.45, 2.75) is 6.61 Å². The molecule has 0 saturated heterocycles. The average Bonchev–Trinajstić information content (AvgIpc) is 2.81. The van der Waals surface area contributed by atoms with Crippen molar-refractivity contribution in [2.24, 2.45) is 0 Å². The SMILES string of the molecule is COc1cccc(/C=C\c2ccc3cccc(OCc4ccccc4)c3n2)c1OC. The fraction of sp³-hybridized carbons (Fsp3) is 0.115. The third-order valence-electron chi connectivity index (χ3n) is 4.81. The van der Waals surface area contributed by atoms with Crippen LogP contribution in [0, 0.1) is 0 Å². The molecule has 0 atom stereocenters. The molecule has 0 saturated carbocycles. The second-order valence-corrected chi connectivity index (χ2v) is 6.75. The number of nitrogens with zero attached hydrogens (tertiary/aromatic N) is 1. The van der Waals surface area contributed by atoms with E-state index >= 15 is 0 Å². The zero-order valence-electron chi connectivity index (χ0n) is 17.0. The molecule has 1 heterocycles. The summed E-state index contributed by atoms with van der Waals surface area (Å²) in [5.41, 5.74) is 3.72. The van der Waals surface area contributed by atoms with Crippen LogP contribution < -0.4 is 14.2 Å². The van der Waals surface area contributed by atoms with Crippen molar-refractivity contribution in [3.05, 3.63) is 95.7 Å². The van der Waals surface area contributed by atoms with Crippen LogP contribution in [-0.4, -0.2) is 19.2 Å². The lowest BCUT2D eigenvalue weighted by atomic mass is 10.1. The molecule has 0 spiro atoms. The van der Waals surface area contributed by atoms with Crippen LogP contribution >= 0.6 is 0 Å². The summed E-state index contributed by atoms with van der Waals surface area (Å²) in [6.07, 6.45) is 3.94. The Bertz CT molecular complexity index is 1170. The van der Waals surface area contributed by atoms with E-state index in [9.17, 15) is 0 Å². The summed E-state index contributed by atoms with van der Waals surface area (Å²) in [5, 5.41) is 1.04. The number of ether oxygens (including phenoxy) is 3. The smallest absolute Gasteiger partial charge is 0.167 e. The maximum atomic E-state index is 6.07. The van der Waals surface area contributed by atoms with Crippen molar-refractivity contribution in [2.75, 3.05) is 14.2 Å². The van der Waals surface area contributed by atoms with E-state index in [1.807, 2.05) is 84.9 Å². The van der Waals surface area contributed by atoms with Crippen molar-refractivity contribution >= 4 is 23.1 Å². The minimum absolute atomic E-state index is 0.503. The number of hydrogen-bond donors (Lipinski definition) is 0. The molecule has 1 aromatic heterocycles. The molecule has 0 unspecified atom stereocenters. The lowest BCUT2D eigenvalue weighted by Gasteiger charge is -2.10. The summed E-state index contributed by atoms with van der Waals surface area (Å²) in [6, 6.07) is 25.9. The number of hydrogen-bond acceptors (Lipinski definition) is 4. The Labute approximate surface area is 176 Å². The zero-order chi connectivity index (χ0) is 20.8. The van der Waals surface area contributed by atoms with Gasteiger partial charge < -0.3 is 14.2 Å². The van der Waals surface area contributed by atoms with E-state index in [2.05, 4.69) is 6.07 Å². The molecule has 30 heavy (non-hydrogen) atoms. The normalized spacial score (nSPS) is 11.0. The van der Waals surface area contributed by atoms with Crippen molar-refractivity contribution in [3.63, 3.8) is 0 Å². The van der Waals surface area contributed by atoms with Gasteiger partial charge in [-0.2, -0.15) is 0 Å². The first-order valence-corrected chi connectivity index (χ1v) is 9.74. The van der Waals surface area contributed by atoms with Crippen molar-refractivity contribution in [1.29, 1.82) is 0 Å². The quantitative estimate of drug-likeness (QED) is 0.383. The lowest BCUT2D eigenvalue weighted by Crippen LogP contribution is -1.97. The highest BCUT2D eigenvalue weighted by molar-refractivity contribution is 5.86. The molecule has 150 valence electrons. The average molecular weight is 397 g/mol. The van der Waals surface area contributed by atoms with E-state index < -0.39 is 0 Å². The zero-order valence-corrected chi connectivity index (χ0v) is 17.0. The van der Waals surface area contributed by atoms with Gasteiger partial charge in [-0.3, -0.25) is 0 Å². The van der Waals surface area contributed by atoms with Crippen LogP contribution in [0.4, 0.5) is 0 Å². The highest BCUT2D eigenvalue weighted by Crippen LogP contribution is 2.32. The van der Waals surface area contributed by atoms with Crippen LogP contribution in [0.15, 0.2) is 78.9 Å². The molecule has 0 fully saturated rings. The molecule has 3 aromatic carbocycles.